The third-order valence-electron chi connectivity index (χ3n) is 1.67. The van der Waals surface area contributed by atoms with Crippen molar-refractivity contribution in [3.8, 4) is 0 Å². The molecule has 1 aromatic rings. The van der Waals surface area contributed by atoms with Gasteiger partial charge in [0.05, 0.1) is 13.7 Å². The predicted molar refractivity (Wildman–Crippen MR) is 46.7 cm³/mol. The summed E-state index contributed by atoms with van der Waals surface area (Å²) in [6, 6.07) is 0. The quantitative estimate of drug-likeness (QED) is 0.391. The molecular weight excluding hydrogens is 188 g/mol. The Bertz CT molecular complexity index is 225. The Balaban J connectivity index is 0.00000144. The van der Waals surface area contributed by atoms with E-state index in [4.69, 9.17) is 4.74 Å². The summed E-state index contributed by atoms with van der Waals surface area (Å²) < 4.78 is 9.51. The largest absolute Gasteiger partial charge is 1.00 e. The van der Waals surface area contributed by atoms with Crippen molar-refractivity contribution in [1.82, 2.24) is 4.57 Å². The zero-order chi connectivity index (χ0) is 8.81. The van der Waals surface area contributed by atoms with Gasteiger partial charge in [0.15, 0.2) is 0 Å². The first-order valence-electron chi connectivity index (χ1n) is 4.41. The lowest BCUT2D eigenvalue weighted by atomic mass is 10.5. The van der Waals surface area contributed by atoms with E-state index in [-0.39, 0.29) is 12.4 Å². The van der Waals surface area contributed by atoms with Crippen LogP contribution in [0.25, 0.3) is 0 Å². The molecule has 0 aliphatic carbocycles. The molecule has 0 fully saturated rings. The van der Waals surface area contributed by atoms with E-state index >= 15 is 0 Å². The Morgan fingerprint density at radius 1 is 1.38 bits per heavy atom. The number of imidazole rings is 1. The molecule has 1 aromatic heterocycles. The van der Waals surface area contributed by atoms with Crippen molar-refractivity contribution in [2.24, 2.45) is 7.05 Å². The summed E-state index contributed by atoms with van der Waals surface area (Å²) in [6.07, 6.45) is 7.23. The van der Waals surface area contributed by atoms with Crippen LogP contribution in [0.15, 0.2) is 18.7 Å². The van der Waals surface area contributed by atoms with Crippen LogP contribution in [0.2, 0.25) is 0 Å². The fourth-order valence-electron chi connectivity index (χ4n) is 1.05. The summed E-state index contributed by atoms with van der Waals surface area (Å²) in [7, 11) is 2.02. The third kappa shape index (κ3) is 4.90. The van der Waals surface area contributed by atoms with Crippen molar-refractivity contribution >= 4 is 0 Å². The Hall–Kier alpha value is -0.540. The highest BCUT2D eigenvalue weighted by Gasteiger charge is 1.98. The highest BCUT2D eigenvalue weighted by atomic mass is 35.5. The first-order valence-corrected chi connectivity index (χ1v) is 4.41. The molecule has 0 aromatic carbocycles. The summed E-state index contributed by atoms with van der Waals surface area (Å²) in [4.78, 5) is 0. The van der Waals surface area contributed by atoms with Gasteiger partial charge in [-0.3, -0.25) is 0 Å². The number of nitrogens with zero attached hydrogens (tertiary/aromatic N) is 2. The van der Waals surface area contributed by atoms with Crippen LogP contribution in [-0.2, 0) is 18.3 Å². The second kappa shape index (κ2) is 6.92. The molecule has 0 saturated carbocycles. The Labute approximate surface area is 85.7 Å². The smallest absolute Gasteiger partial charge is 0.243 e. The number of aromatic nitrogens is 2. The minimum absolute atomic E-state index is 0. The second-order valence-electron chi connectivity index (χ2n) is 2.93. The van der Waals surface area contributed by atoms with E-state index in [1.54, 1.807) is 0 Å². The minimum atomic E-state index is 0. The van der Waals surface area contributed by atoms with Crippen LogP contribution >= 0.6 is 0 Å². The fourth-order valence-corrected chi connectivity index (χ4v) is 1.05. The van der Waals surface area contributed by atoms with Crippen molar-refractivity contribution in [2.75, 3.05) is 13.2 Å². The second-order valence-corrected chi connectivity index (χ2v) is 2.93. The van der Waals surface area contributed by atoms with E-state index < -0.39 is 0 Å². The molecule has 0 N–H and O–H groups in total. The molecule has 1 heterocycles. The van der Waals surface area contributed by atoms with Crippen LogP contribution in [0.5, 0.6) is 0 Å². The average Bonchev–Trinajstić information content (AvgIpc) is 2.45. The SMILES string of the molecule is CCCOCCn1cc[n+](C)c1.[Cl-]. The van der Waals surface area contributed by atoms with E-state index in [9.17, 15) is 0 Å². The van der Waals surface area contributed by atoms with Gasteiger partial charge in [0.25, 0.3) is 0 Å². The van der Waals surface area contributed by atoms with Gasteiger partial charge in [0, 0.05) is 6.61 Å². The van der Waals surface area contributed by atoms with E-state index in [2.05, 4.69) is 24.0 Å². The first kappa shape index (κ1) is 12.5. The van der Waals surface area contributed by atoms with Gasteiger partial charge in [-0.25, -0.2) is 9.13 Å². The van der Waals surface area contributed by atoms with Gasteiger partial charge in [-0.1, -0.05) is 6.92 Å². The summed E-state index contributed by atoms with van der Waals surface area (Å²) in [5.41, 5.74) is 0. The minimum Gasteiger partial charge on any atom is -1.00 e. The van der Waals surface area contributed by atoms with Gasteiger partial charge in [-0.05, 0) is 6.42 Å². The zero-order valence-electron chi connectivity index (χ0n) is 8.24. The maximum atomic E-state index is 5.37. The average molecular weight is 205 g/mol. The topological polar surface area (TPSA) is 18.0 Å². The van der Waals surface area contributed by atoms with E-state index in [0.29, 0.717) is 0 Å². The maximum absolute atomic E-state index is 5.37. The summed E-state index contributed by atoms with van der Waals surface area (Å²) in [6.45, 7) is 4.74. The van der Waals surface area contributed by atoms with Crippen molar-refractivity contribution in [1.29, 1.82) is 0 Å². The fraction of sp³-hybridized carbons (Fsp3) is 0.667. The first-order chi connectivity index (χ1) is 5.83. The van der Waals surface area contributed by atoms with Crippen molar-refractivity contribution in [3.63, 3.8) is 0 Å². The number of ether oxygens (including phenoxy) is 1. The summed E-state index contributed by atoms with van der Waals surface area (Å²) in [5.74, 6) is 0. The van der Waals surface area contributed by atoms with Crippen LogP contribution in [0, 0.1) is 0 Å². The molecular formula is C9H17ClN2O. The number of hydrogen-bond acceptors (Lipinski definition) is 1. The number of hydrogen-bond donors (Lipinski definition) is 0. The monoisotopic (exact) mass is 204 g/mol. The molecule has 76 valence electrons. The van der Waals surface area contributed by atoms with E-state index in [1.807, 2.05) is 17.8 Å². The molecule has 4 heteroatoms. The van der Waals surface area contributed by atoms with Gasteiger partial charge >= 0.3 is 0 Å². The van der Waals surface area contributed by atoms with Crippen molar-refractivity contribution in [3.05, 3.63) is 18.7 Å². The molecule has 0 bridgehead atoms. The molecule has 0 atom stereocenters. The zero-order valence-corrected chi connectivity index (χ0v) is 9.00. The molecule has 0 saturated heterocycles. The van der Waals surface area contributed by atoms with Gasteiger partial charge in [0.2, 0.25) is 6.33 Å². The standard InChI is InChI=1S/C9H17N2O.ClH/c1-3-7-12-8-6-11-5-4-10(2)9-11;/h4-5,9H,3,6-8H2,1-2H3;1H/q+1;/p-1. The Morgan fingerprint density at radius 2 is 2.15 bits per heavy atom. The van der Waals surface area contributed by atoms with Gasteiger partial charge in [-0.15, -0.1) is 0 Å². The molecule has 0 aliphatic heterocycles. The van der Waals surface area contributed by atoms with Gasteiger partial charge in [0.1, 0.15) is 18.9 Å². The van der Waals surface area contributed by atoms with E-state index in [1.165, 1.54) is 0 Å². The maximum Gasteiger partial charge on any atom is 0.243 e. The molecule has 0 amide bonds. The summed E-state index contributed by atoms with van der Waals surface area (Å²) >= 11 is 0. The molecule has 0 spiro atoms. The van der Waals surface area contributed by atoms with Gasteiger partial charge in [-0.2, -0.15) is 0 Å². The Kier molecular flexibility index (Phi) is 6.63. The molecule has 1 rings (SSSR count). The lowest BCUT2D eigenvalue weighted by molar-refractivity contribution is -0.671. The van der Waals surface area contributed by atoms with Crippen LogP contribution in [0.3, 0.4) is 0 Å². The van der Waals surface area contributed by atoms with Crippen LogP contribution < -0.4 is 17.0 Å². The lowest BCUT2D eigenvalue weighted by Crippen LogP contribution is -3.00. The third-order valence-corrected chi connectivity index (χ3v) is 1.67. The van der Waals surface area contributed by atoms with Gasteiger partial charge < -0.3 is 17.1 Å². The van der Waals surface area contributed by atoms with E-state index in [0.717, 1.165) is 26.2 Å². The highest BCUT2D eigenvalue weighted by molar-refractivity contribution is 4.65. The van der Waals surface area contributed by atoms with Crippen molar-refractivity contribution < 1.29 is 21.7 Å². The molecule has 13 heavy (non-hydrogen) atoms. The lowest BCUT2D eigenvalue weighted by Gasteiger charge is -1.98. The van der Waals surface area contributed by atoms with Crippen molar-refractivity contribution in [2.45, 2.75) is 19.9 Å². The number of rotatable bonds is 5. The molecule has 0 unspecified atom stereocenters. The predicted octanol–water partition coefficient (Wildman–Crippen LogP) is -2.26. The molecule has 3 nitrogen and oxygen atoms in total. The van der Waals surface area contributed by atoms with Crippen LogP contribution in [0.4, 0.5) is 0 Å². The Morgan fingerprint density at radius 3 is 2.69 bits per heavy atom. The summed E-state index contributed by atoms with van der Waals surface area (Å²) in [5, 5.41) is 0. The number of aryl methyl sites for hydroxylation is 1. The molecule has 0 radical (unpaired) electrons. The normalized spacial score (nSPS) is 9.69. The van der Waals surface area contributed by atoms with Crippen LogP contribution in [0.1, 0.15) is 13.3 Å². The number of halogens is 1. The van der Waals surface area contributed by atoms with Crippen LogP contribution in [-0.4, -0.2) is 17.8 Å². The molecule has 0 aliphatic rings. The highest BCUT2D eigenvalue weighted by Crippen LogP contribution is 1.86.